The van der Waals surface area contributed by atoms with Crippen molar-refractivity contribution in [2.24, 2.45) is 16.5 Å². The molecule has 0 aliphatic rings. The molecule has 0 saturated heterocycles. The number of hydrazine groups is 1. The standard InChI is InChI=1S/C9H19N5O4/c1-5(7(15)16)13-14-9(11)12-4-2-3-6(10)8(17)18/h5-6,13H,2-4,10H2,1H3,(H,15,16)(H,17,18)(H3,11,12,14). The van der Waals surface area contributed by atoms with Gasteiger partial charge in [0.25, 0.3) is 0 Å². The average molecular weight is 261 g/mol. The molecule has 0 amide bonds. The van der Waals surface area contributed by atoms with E-state index in [1.165, 1.54) is 6.92 Å². The maximum atomic E-state index is 10.5. The Morgan fingerprint density at radius 2 is 1.94 bits per heavy atom. The van der Waals surface area contributed by atoms with Gasteiger partial charge in [0.15, 0.2) is 0 Å². The van der Waals surface area contributed by atoms with E-state index in [4.69, 9.17) is 21.7 Å². The van der Waals surface area contributed by atoms with Gasteiger partial charge in [-0.2, -0.15) is 0 Å². The largest absolute Gasteiger partial charge is 0.480 e. The van der Waals surface area contributed by atoms with Gasteiger partial charge in [-0.05, 0) is 19.8 Å². The summed E-state index contributed by atoms with van der Waals surface area (Å²) in [6.07, 6.45) is 0.773. The highest BCUT2D eigenvalue weighted by atomic mass is 16.4. The minimum Gasteiger partial charge on any atom is -0.480 e. The quantitative estimate of drug-likeness (QED) is 0.127. The summed E-state index contributed by atoms with van der Waals surface area (Å²) >= 11 is 0. The molecule has 104 valence electrons. The molecule has 2 atom stereocenters. The molecule has 0 bridgehead atoms. The molecule has 0 saturated carbocycles. The van der Waals surface area contributed by atoms with Gasteiger partial charge in [0, 0.05) is 6.54 Å². The summed E-state index contributed by atoms with van der Waals surface area (Å²) in [5.41, 5.74) is 15.6. The van der Waals surface area contributed by atoms with Gasteiger partial charge in [0.1, 0.15) is 12.1 Å². The van der Waals surface area contributed by atoms with Gasteiger partial charge < -0.3 is 21.7 Å². The van der Waals surface area contributed by atoms with Crippen LogP contribution in [-0.4, -0.2) is 46.7 Å². The van der Waals surface area contributed by atoms with Crippen LogP contribution < -0.4 is 22.3 Å². The van der Waals surface area contributed by atoms with Gasteiger partial charge in [-0.15, -0.1) is 0 Å². The number of hydrogen-bond acceptors (Lipinski definition) is 5. The van der Waals surface area contributed by atoms with Crippen molar-refractivity contribution in [3.05, 3.63) is 0 Å². The molecule has 2 unspecified atom stereocenters. The third-order valence-electron chi connectivity index (χ3n) is 2.06. The molecular weight excluding hydrogens is 242 g/mol. The fraction of sp³-hybridized carbons (Fsp3) is 0.667. The molecule has 0 aliphatic carbocycles. The fourth-order valence-corrected chi connectivity index (χ4v) is 0.918. The zero-order valence-corrected chi connectivity index (χ0v) is 10.1. The number of carbonyl (C=O) groups is 2. The minimum atomic E-state index is -1.05. The van der Waals surface area contributed by atoms with Crippen molar-refractivity contribution in [3.63, 3.8) is 0 Å². The Balaban J connectivity index is 3.78. The predicted octanol–water partition coefficient (Wildman–Crippen LogP) is -1.94. The monoisotopic (exact) mass is 261 g/mol. The molecule has 0 spiro atoms. The van der Waals surface area contributed by atoms with E-state index in [1.54, 1.807) is 0 Å². The molecular formula is C9H19N5O4. The van der Waals surface area contributed by atoms with E-state index in [-0.39, 0.29) is 5.96 Å². The van der Waals surface area contributed by atoms with Gasteiger partial charge in [0.05, 0.1) is 0 Å². The first kappa shape index (κ1) is 16.1. The first-order valence-electron chi connectivity index (χ1n) is 5.37. The first-order chi connectivity index (χ1) is 8.34. The van der Waals surface area contributed by atoms with Crippen LogP contribution in [0.4, 0.5) is 0 Å². The Kier molecular flexibility index (Phi) is 7.40. The molecule has 18 heavy (non-hydrogen) atoms. The highest BCUT2D eigenvalue weighted by Crippen LogP contribution is 1.94. The minimum absolute atomic E-state index is 0.0343. The molecule has 0 heterocycles. The zero-order chi connectivity index (χ0) is 14.1. The van der Waals surface area contributed by atoms with E-state index in [1.807, 2.05) is 0 Å². The molecule has 0 rings (SSSR count). The molecule has 0 aromatic rings. The van der Waals surface area contributed by atoms with Crippen LogP contribution in [0, 0.1) is 0 Å². The van der Waals surface area contributed by atoms with Crippen molar-refractivity contribution in [3.8, 4) is 0 Å². The maximum absolute atomic E-state index is 10.5. The normalized spacial score (nSPS) is 14.9. The van der Waals surface area contributed by atoms with Gasteiger partial charge >= 0.3 is 11.9 Å². The van der Waals surface area contributed by atoms with Crippen LogP contribution >= 0.6 is 0 Å². The molecule has 0 fully saturated rings. The molecule has 8 N–H and O–H groups in total. The SMILES string of the molecule is CC(NNC(N)=NCCCC(N)C(=O)O)C(=O)O. The Labute approximate surface area is 104 Å². The number of nitrogens with one attached hydrogen (secondary N) is 2. The molecule has 0 radical (unpaired) electrons. The first-order valence-corrected chi connectivity index (χ1v) is 5.37. The Hall–Kier alpha value is -1.87. The van der Waals surface area contributed by atoms with Gasteiger partial charge in [-0.3, -0.25) is 20.0 Å². The number of nitrogens with two attached hydrogens (primary N) is 2. The zero-order valence-electron chi connectivity index (χ0n) is 10.1. The van der Waals surface area contributed by atoms with Crippen molar-refractivity contribution >= 4 is 17.9 Å². The van der Waals surface area contributed by atoms with Crippen LogP contribution in [-0.2, 0) is 9.59 Å². The number of aliphatic imine (C=N–C) groups is 1. The summed E-state index contributed by atoms with van der Waals surface area (Å²) in [6, 6.07) is -1.71. The summed E-state index contributed by atoms with van der Waals surface area (Å²) in [5.74, 6) is -2.04. The number of aliphatic carboxylic acids is 2. The lowest BCUT2D eigenvalue weighted by Crippen LogP contribution is -2.49. The third-order valence-corrected chi connectivity index (χ3v) is 2.06. The van der Waals surface area contributed by atoms with Crippen LogP contribution in [0.25, 0.3) is 0 Å². The van der Waals surface area contributed by atoms with Crippen molar-refractivity contribution in [1.82, 2.24) is 10.9 Å². The lowest BCUT2D eigenvalue weighted by Gasteiger charge is -2.11. The highest BCUT2D eigenvalue weighted by molar-refractivity contribution is 5.78. The molecule has 9 heteroatoms. The van der Waals surface area contributed by atoms with E-state index < -0.39 is 24.0 Å². The van der Waals surface area contributed by atoms with Gasteiger partial charge in [0.2, 0.25) is 5.96 Å². The number of carboxylic acid groups (broad SMARTS) is 2. The van der Waals surface area contributed by atoms with Crippen LogP contribution in [0.2, 0.25) is 0 Å². The summed E-state index contributed by atoms with van der Waals surface area (Å²) in [6.45, 7) is 1.75. The van der Waals surface area contributed by atoms with Gasteiger partial charge in [-0.1, -0.05) is 0 Å². The molecule has 9 nitrogen and oxygen atoms in total. The highest BCUT2D eigenvalue weighted by Gasteiger charge is 2.10. The van der Waals surface area contributed by atoms with Crippen molar-refractivity contribution in [1.29, 1.82) is 0 Å². The van der Waals surface area contributed by atoms with E-state index in [9.17, 15) is 9.59 Å². The Bertz CT molecular complexity index is 320. The maximum Gasteiger partial charge on any atom is 0.322 e. The summed E-state index contributed by atoms with van der Waals surface area (Å²) < 4.78 is 0. The van der Waals surface area contributed by atoms with E-state index in [0.29, 0.717) is 19.4 Å². The van der Waals surface area contributed by atoms with Crippen molar-refractivity contribution in [2.45, 2.75) is 31.8 Å². The van der Waals surface area contributed by atoms with Crippen LogP contribution in [0.3, 0.4) is 0 Å². The third kappa shape index (κ3) is 7.41. The van der Waals surface area contributed by atoms with Crippen LogP contribution in [0.15, 0.2) is 4.99 Å². The Morgan fingerprint density at radius 3 is 2.44 bits per heavy atom. The predicted molar refractivity (Wildman–Crippen MR) is 64.7 cm³/mol. The molecule has 0 aromatic heterocycles. The second-order valence-electron chi connectivity index (χ2n) is 3.68. The number of carboxylic acids is 2. The summed E-state index contributed by atoms with van der Waals surface area (Å²) in [5, 5.41) is 17.1. The second kappa shape index (κ2) is 8.25. The number of hydrogen-bond donors (Lipinski definition) is 6. The smallest absolute Gasteiger partial charge is 0.322 e. The second-order valence-corrected chi connectivity index (χ2v) is 3.68. The van der Waals surface area contributed by atoms with Crippen LogP contribution in [0.1, 0.15) is 19.8 Å². The lowest BCUT2D eigenvalue weighted by molar-refractivity contribution is -0.139. The van der Waals surface area contributed by atoms with Crippen molar-refractivity contribution in [2.75, 3.05) is 6.54 Å². The Morgan fingerprint density at radius 1 is 1.33 bits per heavy atom. The van der Waals surface area contributed by atoms with Crippen molar-refractivity contribution < 1.29 is 19.8 Å². The topological polar surface area (TPSA) is 163 Å². The fourth-order valence-electron chi connectivity index (χ4n) is 0.918. The molecule has 0 aromatic carbocycles. The number of guanidine groups is 1. The van der Waals surface area contributed by atoms with E-state index in [0.717, 1.165) is 0 Å². The summed E-state index contributed by atoms with van der Waals surface area (Å²) in [4.78, 5) is 24.7. The van der Waals surface area contributed by atoms with Crippen LogP contribution in [0.5, 0.6) is 0 Å². The average Bonchev–Trinajstić information content (AvgIpc) is 2.30. The van der Waals surface area contributed by atoms with E-state index in [2.05, 4.69) is 15.8 Å². The number of rotatable bonds is 8. The lowest BCUT2D eigenvalue weighted by atomic mass is 10.2. The summed E-state index contributed by atoms with van der Waals surface area (Å²) in [7, 11) is 0. The van der Waals surface area contributed by atoms with E-state index >= 15 is 0 Å². The molecule has 0 aliphatic heterocycles. The van der Waals surface area contributed by atoms with Gasteiger partial charge in [-0.25, -0.2) is 5.43 Å². The number of nitrogens with zero attached hydrogens (tertiary/aromatic N) is 1.